The fraction of sp³-hybridized carbons (Fsp3) is 0.0588. The number of nitro groups is 1. The van der Waals surface area contributed by atoms with Gasteiger partial charge < -0.3 is 16.4 Å². The molecule has 2 aromatic rings. The van der Waals surface area contributed by atoms with E-state index in [2.05, 4.69) is 10.6 Å². The molecule has 2 rings (SSSR count). The van der Waals surface area contributed by atoms with Crippen LogP contribution in [-0.2, 0) is 11.3 Å². The van der Waals surface area contributed by atoms with Crippen molar-refractivity contribution in [1.29, 1.82) is 0 Å². The SMILES string of the molecule is NC(=O)Nc1ccc(CNC(=O)/C=C/c2ccc([N+](=O)[O-])cc2)cc1. The van der Waals surface area contributed by atoms with Gasteiger partial charge in [0.1, 0.15) is 0 Å². The normalized spacial score (nSPS) is 10.4. The Labute approximate surface area is 143 Å². The molecular formula is C17H16N4O4. The minimum atomic E-state index is -0.641. The van der Waals surface area contributed by atoms with Crippen molar-refractivity contribution >= 4 is 29.4 Å². The second kappa shape index (κ2) is 8.25. The molecule has 4 N–H and O–H groups in total. The zero-order valence-corrected chi connectivity index (χ0v) is 13.1. The quantitative estimate of drug-likeness (QED) is 0.424. The summed E-state index contributed by atoms with van der Waals surface area (Å²) in [6, 6.07) is 12.1. The summed E-state index contributed by atoms with van der Waals surface area (Å²) in [5.41, 5.74) is 7.12. The van der Waals surface area contributed by atoms with Crippen LogP contribution >= 0.6 is 0 Å². The Morgan fingerprint density at radius 3 is 2.28 bits per heavy atom. The lowest BCUT2D eigenvalue weighted by Crippen LogP contribution is -2.20. The van der Waals surface area contributed by atoms with Crippen LogP contribution in [0, 0.1) is 10.1 Å². The summed E-state index contributed by atoms with van der Waals surface area (Å²) < 4.78 is 0. The molecule has 2 aromatic carbocycles. The Hall–Kier alpha value is -3.68. The van der Waals surface area contributed by atoms with Crippen LogP contribution in [0.1, 0.15) is 11.1 Å². The van der Waals surface area contributed by atoms with Crippen LogP contribution in [-0.4, -0.2) is 16.9 Å². The monoisotopic (exact) mass is 340 g/mol. The molecule has 0 unspecified atom stereocenters. The number of anilines is 1. The minimum absolute atomic E-state index is 0.00382. The molecular weight excluding hydrogens is 324 g/mol. The number of nitrogens with one attached hydrogen (secondary N) is 2. The zero-order valence-electron chi connectivity index (χ0n) is 13.1. The highest BCUT2D eigenvalue weighted by Crippen LogP contribution is 2.13. The maximum atomic E-state index is 11.8. The van der Waals surface area contributed by atoms with E-state index in [1.807, 2.05) is 0 Å². The Morgan fingerprint density at radius 1 is 1.08 bits per heavy atom. The van der Waals surface area contributed by atoms with Crippen LogP contribution in [0.2, 0.25) is 0 Å². The van der Waals surface area contributed by atoms with Crippen LogP contribution in [0.15, 0.2) is 54.6 Å². The number of nitro benzene ring substituents is 1. The summed E-state index contributed by atoms with van der Waals surface area (Å²) in [5.74, 6) is -0.294. The number of carbonyl (C=O) groups excluding carboxylic acids is 2. The van der Waals surface area contributed by atoms with Crippen LogP contribution in [0.3, 0.4) is 0 Å². The van der Waals surface area contributed by atoms with Gasteiger partial charge in [-0.15, -0.1) is 0 Å². The van der Waals surface area contributed by atoms with Gasteiger partial charge in [0.05, 0.1) is 4.92 Å². The van der Waals surface area contributed by atoms with E-state index in [4.69, 9.17) is 5.73 Å². The average Bonchev–Trinajstić information content (AvgIpc) is 2.59. The van der Waals surface area contributed by atoms with E-state index in [9.17, 15) is 19.7 Å². The van der Waals surface area contributed by atoms with Gasteiger partial charge in [0, 0.05) is 30.4 Å². The molecule has 0 saturated heterocycles. The molecule has 25 heavy (non-hydrogen) atoms. The highest BCUT2D eigenvalue weighted by atomic mass is 16.6. The first-order valence-electron chi connectivity index (χ1n) is 7.30. The van der Waals surface area contributed by atoms with Gasteiger partial charge in [-0.1, -0.05) is 12.1 Å². The second-order valence-corrected chi connectivity index (χ2v) is 5.09. The molecule has 0 aromatic heterocycles. The standard InChI is InChI=1S/C17H16N4O4/c18-17(23)20-14-6-1-13(2-7-14)11-19-16(22)10-5-12-3-8-15(9-4-12)21(24)25/h1-10H,11H2,(H,19,22)(H3,18,20,23)/b10-5+. The Balaban J connectivity index is 1.85. The molecule has 0 bridgehead atoms. The molecule has 0 aliphatic heterocycles. The molecule has 0 aliphatic rings. The first-order chi connectivity index (χ1) is 11.9. The predicted molar refractivity (Wildman–Crippen MR) is 93.6 cm³/mol. The maximum absolute atomic E-state index is 11.8. The number of primary amides is 1. The molecule has 0 atom stereocenters. The van der Waals surface area contributed by atoms with Crippen molar-refractivity contribution in [1.82, 2.24) is 5.32 Å². The number of carbonyl (C=O) groups is 2. The van der Waals surface area contributed by atoms with Gasteiger partial charge in [-0.2, -0.15) is 0 Å². The number of urea groups is 1. The van der Waals surface area contributed by atoms with Crippen LogP contribution in [0.5, 0.6) is 0 Å². The van der Waals surface area contributed by atoms with Gasteiger partial charge in [0.15, 0.2) is 0 Å². The number of amides is 3. The Bertz CT molecular complexity index is 798. The van der Waals surface area contributed by atoms with Crippen molar-refractivity contribution in [3.8, 4) is 0 Å². The Morgan fingerprint density at radius 2 is 1.72 bits per heavy atom. The third-order valence-corrected chi connectivity index (χ3v) is 3.22. The Kier molecular flexibility index (Phi) is 5.83. The van der Waals surface area contributed by atoms with E-state index in [1.165, 1.54) is 18.2 Å². The van der Waals surface area contributed by atoms with Gasteiger partial charge >= 0.3 is 6.03 Å². The number of hydrogen-bond acceptors (Lipinski definition) is 4. The number of hydrogen-bond donors (Lipinski definition) is 3. The number of nitrogens with two attached hydrogens (primary N) is 1. The first-order valence-corrected chi connectivity index (χ1v) is 7.30. The summed E-state index contributed by atoms with van der Waals surface area (Å²) >= 11 is 0. The molecule has 0 heterocycles. The smallest absolute Gasteiger partial charge is 0.316 e. The van der Waals surface area contributed by atoms with Crippen molar-refractivity contribution in [2.24, 2.45) is 5.73 Å². The minimum Gasteiger partial charge on any atom is -0.351 e. The molecule has 0 saturated carbocycles. The van der Waals surface area contributed by atoms with E-state index in [0.717, 1.165) is 5.56 Å². The zero-order chi connectivity index (χ0) is 18.2. The molecule has 0 radical (unpaired) electrons. The highest BCUT2D eigenvalue weighted by Gasteiger charge is 2.03. The summed E-state index contributed by atoms with van der Waals surface area (Å²) in [6.07, 6.45) is 2.92. The first kappa shape index (κ1) is 17.7. The van der Waals surface area contributed by atoms with Gasteiger partial charge in [-0.25, -0.2) is 4.79 Å². The number of rotatable bonds is 6. The van der Waals surface area contributed by atoms with Crippen LogP contribution < -0.4 is 16.4 Å². The number of nitrogens with zero attached hydrogens (tertiary/aromatic N) is 1. The van der Waals surface area contributed by atoms with E-state index in [0.29, 0.717) is 17.8 Å². The van der Waals surface area contributed by atoms with Crippen LogP contribution in [0.4, 0.5) is 16.2 Å². The summed E-state index contributed by atoms with van der Waals surface area (Å²) in [5, 5.41) is 15.7. The molecule has 8 heteroatoms. The van der Waals surface area contributed by atoms with E-state index >= 15 is 0 Å². The molecule has 0 fully saturated rings. The molecule has 128 valence electrons. The summed E-state index contributed by atoms with van der Waals surface area (Å²) in [6.45, 7) is 0.320. The van der Waals surface area contributed by atoms with Crippen molar-refractivity contribution in [3.63, 3.8) is 0 Å². The van der Waals surface area contributed by atoms with Crippen molar-refractivity contribution in [3.05, 3.63) is 75.8 Å². The van der Waals surface area contributed by atoms with Crippen molar-refractivity contribution in [2.75, 3.05) is 5.32 Å². The third kappa shape index (κ3) is 5.79. The second-order valence-electron chi connectivity index (χ2n) is 5.09. The van der Waals surface area contributed by atoms with Crippen LogP contribution in [0.25, 0.3) is 6.08 Å². The average molecular weight is 340 g/mol. The fourth-order valence-electron chi connectivity index (χ4n) is 1.98. The maximum Gasteiger partial charge on any atom is 0.316 e. The predicted octanol–water partition coefficient (Wildman–Crippen LogP) is 2.42. The topological polar surface area (TPSA) is 127 Å². The lowest BCUT2D eigenvalue weighted by atomic mass is 10.2. The number of non-ortho nitro benzene ring substituents is 1. The van der Waals surface area contributed by atoms with Gasteiger partial charge in [0.25, 0.3) is 5.69 Å². The highest BCUT2D eigenvalue weighted by molar-refractivity contribution is 5.91. The lowest BCUT2D eigenvalue weighted by molar-refractivity contribution is -0.384. The molecule has 3 amide bonds. The summed E-state index contributed by atoms with van der Waals surface area (Å²) in [4.78, 5) is 32.6. The largest absolute Gasteiger partial charge is 0.351 e. The van der Waals surface area contributed by atoms with E-state index < -0.39 is 11.0 Å². The van der Waals surface area contributed by atoms with Crippen molar-refractivity contribution in [2.45, 2.75) is 6.54 Å². The molecule has 0 aliphatic carbocycles. The van der Waals surface area contributed by atoms with Crippen molar-refractivity contribution < 1.29 is 14.5 Å². The molecule has 0 spiro atoms. The van der Waals surface area contributed by atoms with E-state index in [1.54, 1.807) is 42.5 Å². The number of benzene rings is 2. The lowest BCUT2D eigenvalue weighted by Gasteiger charge is -2.05. The van der Waals surface area contributed by atoms with Gasteiger partial charge in [-0.05, 0) is 41.5 Å². The van der Waals surface area contributed by atoms with Gasteiger partial charge in [0.2, 0.25) is 5.91 Å². The fourth-order valence-corrected chi connectivity index (χ4v) is 1.98. The van der Waals surface area contributed by atoms with E-state index in [-0.39, 0.29) is 11.6 Å². The van der Waals surface area contributed by atoms with Gasteiger partial charge in [-0.3, -0.25) is 14.9 Å². The third-order valence-electron chi connectivity index (χ3n) is 3.22. The molecule has 8 nitrogen and oxygen atoms in total. The summed E-state index contributed by atoms with van der Waals surface area (Å²) in [7, 11) is 0.